The summed E-state index contributed by atoms with van der Waals surface area (Å²) < 4.78 is 0.728. The predicted octanol–water partition coefficient (Wildman–Crippen LogP) is 3.98. The van der Waals surface area contributed by atoms with Gasteiger partial charge in [0.15, 0.2) is 5.82 Å². The van der Waals surface area contributed by atoms with Crippen molar-refractivity contribution in [2.75, 3.05) is 5.32 Å². The molecule has 3 aromatic heterocycles. The second-order valence-electron chi connectivity index (χ2n) is 4.80. The van der Waals surface area contributed by atoms with Crippen molar-refractivity contribution in [1.29, 1.82) is 0 Å². The molecular weight excluding hydrogens is 292 g/mol. The number of nitrogens with zero attached hydrogens (tertiary/aromatic N) is 3. The third-order valence-corrected chi connectivity index (χ3v) is 4.33. The summed E-state index contributed by atoms with van der Waals surface area (Å²) in [7, 11) is 0. The Labute approximate surface area is 124 Å². The van der Waals surface area contributed by atoms with Crippen molar-refractivity contribution in [3.8, 4) is 11.5 Å². The van der Waals surface area contributed by atoms with E-state index in [-0.39, 0.29) is 0 Å². The topological polar surface area (TPSA) is 50.7 Å². The van der Waals surface area contributed by atoms with E-state index in [9.17, 15) is 0 Å². The molecule has 0 radical (unpaired) electrons. The molecule has 0 atom stereocenters. The standard InChI is InChI=1S/C14H11ClN4S/c15-11-7-9-12(17-8-4-5-8)18-13(19-14(9)20-11)10-3-1-2-6-16-10/h1-3,6-8H,4-5H2,(H,17,18,19). The zero-order valence-corrected chi connectivity index (χ0v) is 12.1. The number of nitrogens with one attached hydrogen (secondary N) is 1. The molecule has 1 N–H and O–H groups in total. The Morgan fingerprint density at radius 3 is 2.90 bits per heavy atom. The second kappa shape index (κ2) is 4.68. The van der Waals surface area contributed by atoms with Crippen LogP contribution in [0.15, 0.2) is 30.5 Å². The van der Waals surface area contributed by atoms with Gasteiger partial charge < -0.3 is 5.32 Å². The number of rotatable bonds is 3. The van der Waals surface area contributed by atoms with E-state index in [0.717, 1.165) is 26.1 Å². The number of pyridine rings is 1. The number of fused-ring (bicyclic) bond motifs is 1. The number of hydrogen-bond donors (Lipinski definition) is 1. The maximum Gasteiger partial charge on any atom is 0.181 e. The van der Waals surface area contributed by atoms with Crippen molar-refractivity contribution in [1.82, 2.24) is 15.0 Å². The van der Waals surface area contributed by atoms with Gasteiger partial charge in [-0.2, -0.15) is 0 Å². The van der Waals surface area contributed by atoms with Crippen molar-refractivity contribution < 1.29 is 0 Å². The summed E-state index contributed by atoms with van der Waals surface area (Å²) in [4.78, 5) is 14.4. The van der Waals surface area contributed by atoms with E-state index in [4.69, 9.17) is 11.6 Å². The van der Waals surface area contributed by atoms with Crippen LogP contribution in [0.2, 0.25) is 4.34 Å². The van der Waals surface area contributed by atoms with Crippen LogP contribution in [0.1, 0.15) is 12.8 Å². The second-order valence-corrected chi connectivity index (χ2v) is 6.46. The van der Waals surface area contributed by atoms with Gasteiger partial charge in [-0.15, -0.1) is 11.3 Å². The third kappa shape index (κ3) is 2.23. The highest BCUT2D eigenvalue weighted by atomic mass is 35.5. The Bertz CT molecular complexity index is 767. The SMILES string of the molecule is Clc1cc2c(NC3CC3)nc(-c3ccccn3)nc2s1. The average Bonchev–Trinajstić information content (AvgIpc) is 3.19. The molecule has 20 heavy (non-hydrogen) atoms. The number of thiophene rings is 1. The van der Waals surface area contributed by atoms with E-state index in [1.165, 1.54) is 24.2 Å². The lowest BCUT2D eigenvalue weighted by atomic mass is 10.3. The van der Waals surface area contributed by atoms with Crippen LogP contribution in [0, 0.1) is 0 Å². The number of hydrogen-bond acceptors (Lipinski definition) is 5. The molecule has 3 aromatic rings. The molecule has 0 amide bonds. The number of anilines is 1. The van der Waals surface area contributed by atoms with Gasteiger partial charge in [0.05, 0.1) is 9.72 Å². The maximum atomic E-state index is 6.11. The molecule has 100 valence electrons. The smallest absolute Gasteiger partial charge is 0.181 e. The van der Waals surface area contributed by atoms with Crippen LogP contribution in [0.3, 0.4) is 0 Å². The van der Waals surface area contributed by atoms with Gasteiger partial charge >= 0.3 is 0 Å². The summed E-state index contributed by atoms with van der Waals surface area (Å²) in [5.74, 6) is 1.50. The normalized spacial score (nSPS) is 14.7. The molecule has 0 aromatic carbocycles. The number of halogens is 1. The van der Waals surface area contributed by atoms with Crippen molar-refractivity contribution >= 4 is 39.0 Å². The Morgan fingerprint density at radius 2 is 2.15 bits per heavy atom. The Balaban J connectivity index is 1.89. The zero-order chi connectivity index (χ0) is 13.5. The quantitative estimate of drug-likeness (QED) is 0.795. The van der Waals surface area contributed by atoms with Gasteiger partial charge in [-0.3, -0.25) is 4.98 Å². The van der Waals surface area contributed by atoms with Crippen molar-refractivity contribution in [3.05, 3.63) is 34.8 Å². The van der Waals surface area contributed by atoms with Crippen LogP contribution in [0.5, 0.6) is 0 Å². The summed E-state index contributed by atoms with van der Waals surface area (Å²) in [5, 5.41) is 4.44. The van der Waals surface area contributed by atoms with E-state index < -0.39 is 0 Å². The molecule has 0 unspecified atom stereocenters. The molecule has 4 nitrogen and oxygen atoms in total. The summed E-state index contributed by atoms with van der Waals surface area (Å²) in [6.07, 6.45) is 4.14. The fourth-order valence-corrected chi connectivity index (χ4v) is 3.12. The first-order valence-corrected chi connectivity index (χ1v) is 7.64. The van der Waals surface area contributed by atoms with Crippen LogP contribution < -0.4 is 5.32 Å². The van der Waals surface area contributed by atoms with Gasteiger partial charge in [-0.05, 0) is 31.0 Å². The van der Waals surface area contributed by atoms with Gasteiger partial charge in [0, 0.05) is 12.2 Å². The van der Waals surface area contributed by atoms with E-state index in [1.54, 1.807) is 6.20 Å². The van der Waals surface area contributed by atoms with Crippen LogP contribution in [0.4, 0.5) is 5.82 Å². The molecule has 3 heterocycles. The van der Waals surface area contributed by atoms with Gasteiger partial charge in [0.1, 0.15) is 16.3 Å². The van der Waals surface area contributed by atoms with Gasteiger partial charge in [0.2, 0.25) is 0 Å². The van der Waals surface area contributed by atoms with Crippen LogP contribution in [0.25, 0.3) is 21.7 Å². The lowest BCUT2D eigenvalue weighted by Gasteiger charge is -2.07. The minimum absolute atomic E-state index is 0.531. The van der Waals surface area contributed by atoms with Gasteiger partial charge in [-0.25, -0.2) is 9.97 Å². The monoisotopic (exact) mass is 302 g/mol. The zero-order valence-electron chi connectivity index (χ0n) is 10.5. The summed E-state index contributed by atoms with van der Waals surface area (Å²) in [6, 6.07) is 8.19. The summed E-state index contributed by atoms with van der Waals surface area (Å²) in [5.41, 5.74) is 0.776. The predicted molar refractivity (Wildman–Crippen MR) is 82.3 cm³/mol. The first kappa shape index (κ1) is 12.1. The van der Waals surface area contributed by atoms with E-state index in [1.807, 2.05) is 24.3 Å². The molecule has 0 bridgehead atoms. The molecule has 4 rings (SSSR count). The Kier molecular flexibility index (Phi) is 2.82. The highest BCUT2D eigenvalue weighted by Gasteiger charge is 2.23. The lowest BCUT2D eigenvalue weighted by molar-refractivity contribution is 1.10. The molecular formula is C14H11ClN4S. The molecule has 0 aliphatic heterocycles. The van der Waals surface area contributed by atoms with Crippen molar-refractivity contribution in [3.63, 3.8) is 0 Å². The van der Waals surface area contributed by atoms with Gasteiger partial charge in [0.25, 0.3) is 0 Å². The largest absolute Gasteiger partial charge is 0.367 e. The fourth-order valence-electron chi connectivity index (χ4n) is 2.03. The molecule has 0 saturated heterocycles. The summed E-state index contributed by atoms with van der Waals surface area (Å²) in [6.45, 7) is 0. The van der Waals surface area contributed by atoms with Gasteiger partial charge in [-0.1, -0.05) is 17.7 Å². The fraction of sp³-hybridized carbons (Fsp3) is 0.214. The molecule has 1 saturated carbocycles. The van der Waals surface area contributed by atoms with Crippen molar-refractivity contribution in [2.45, 2.75) is 18.9 Å². The summed E-state index contributed by atoms with van der Waals surface area (Å²) >= 11 is 7.58. The Morgan fingerprint density at radius 1 is 1.25 bits per heavy atom. The first-order valence-electron chi connectivity index (χ1n) is 6.44. The molecule has 1 aliphatic rings. The highest BCUT2D eigenvalue weighted by Crippen LogP contribution is 2.35. The van der Waals surface area contributed by atoms with E-state index >= 15 is 0 Å². The Hall–Kier alpha value is -1.72. The minimum atomic E-state index is 0.531. The highest BCUT2D eigenvalue weighted by molar-refractivity contribution is 7.22. The van der Waals surface area contributed by atoms with Crippen molar-refractivity contribution in [2.24, 2.45) is 0 Å². The molecule has 1 fully saturated rings. The minimum Gasteiger partial charge on any atom is -0.367 e. The first-order chi connectivity index (χ1) is 9.79. The van der Waals surface area contributed by atoms with Crippen LogP contribution >= 0.6 is 22.9 Å². The number of aromatic nitrogens is 3. The van der Waals surface area contributed by atoms with Crippen LogP contribution in [-0.4, -0.2) is 21.0 Å². The maximum absolute atomic E-state index is 6.11. The van der Waals surface area contributed by atoms with E-state index in [0.29, 0.717) is 11.9 Å². The molecule has 6 heteroatoms. The lowest BCUT2D eigenvalue weighted by Crippen LogP contribution is -2.05. The molecule has 1 aliphatic carbocycles. The third-order valence-electron chi connectivity index (χ3n) is 3.17. The molecule has 0 spiro atoms. The average molecular weight is 303 g/mol. The van der Waals surface area contributed by atoms with E-state index in [2.05, 4.69) is 20.3 Å². The van der Waals surface area contributed by atoms with Crippen LogP contribution in [-0.2, 0) is 0 Å².